The van der Waals surface area contributed by atoms with Gasteiger partial charge in [-0.1, -0.05) is 0 Å². The summed E-state index contributed by atoms with van der Waals surface area (Å²) in [7, 11) is 0. The zero-order chi connectivity index (χ0) is 11.4. The van der Waals surface area contributed by atoms with Gasteiger partial charge >= 0.3 is 5.97 Å². The predicted molar refractivity (Wildman–Crippen MR) is 60.1 cm³/mol. The number of esters is 1. The van der Waals surface area contributed by atoms with Gasteiger partial charge in [-0.05, 0) is 39.2 Å². The van der Waals surface area contributed by atoms with E-state index in [1.807, 2.05) is 6.92 Å². The van der Waals surface area contributed by atoms with Crippen molar-refractivity contribution in [2.24, 2.45) is 5.92 Å². The standard InChI is InChI=1S/C12H21NO3/c1-9-11(5-6-13-9)12(14)16-8-10-4-2-3-7-15-10/h9-11,13H,2-8H2,1H3. The molecule has 0 aromatic rings. The van der Waals surface area contributed by atoms with Crippen LogP contribution in [-0.2, 0) is 14.3 Å². The van der Waals surface area contributed by atoms with E-state index in [9.17, 15) is 4.79 Å². The Labute approximate surface area is 96.7 Å². The minimum atomic E-state index is -0.0633. The first-order valence-electron chi connectivity index (χ1n) is 6.29. The molecule has 3 unspecified atom stereocenters. The highest BCUT2D eigenvalue weighted by Crippen LogP contribution is 2.18. The highest BCUT2D eigenvalue weighted by atomic mass is 16.6. The molecule has 0 aliphatic carbocycles. The monoisotopic (exact) mass is 227 g/mol. The molecule has 2 rings (SSSR count). The smallest absolute Gasteiger partial charge is 0.310 e. The number of carbonyl (C=O) groups excluding carboxylic acids is 1. The molecule has 4 heteroatoms. The van der Waals surface area contributed by atoms with E-state index in [-0.39, 0.29) is 24.0 Å². The van der Waals surface area contributed by atoms with Crippen LogP contribution in [0.1, 0.15) is 32.6 Å². The highest BCUT2D eigenvalue weighted by Gasteiger charge is 2.31. The Kier molecular flexibility index (Phi) is 4.18. The van der Waals surface area contributed by atoms with Gasteiger partial charge in [0.25, 0.3) is 0 Å². The molecule has 2 aliphatic rings. The van der Waals surface area contributed by atoms with E-state index in [1.54, 1.807) is 0 Å². The van der Waals surface area contributed by atoms with Crippen LogP contribution in [0.5, 0.6) is 0 Å². The summed E-state index contributed by atoms with van der Waals surface area (Å²) in [6.07, 6.45) is 4.36. The first kappa shape index (κ1) is 11.9. The topological polar surface area (TPSA) is 47.6 Å². The fourth-order valence-corrected chi connectivity index (χ4v) is 2.40. The first-order chi connectivity index (χ1) is 7.77. The summed E-state index contributed by atoms with van der Waals surface area (Å²) in [4.78, 5) is 11.8. The molecule has 0 bridgehead atoms. The Hall–Kier alpha value is -0.610. The van der Waals surface area contributed by atoms with Gasteiger partial charge in [0.2, 0.25) is 0 Å². The largest absolute Gasteiger partial charge is 0.463 e. The molecule has 0 radical (unpaired) electrons. The van der Waals surface area contributed by atoms with Crippen molar-refractivity contribution in [1.29, 1.82) is 0 Å². The third-order valence-corrected chi connectivity index (χ3v) is 3.51. The van der Waals surface area contributed by atoms with Crippen molar-refractivity contribution in [3.05, 3.63) is 0 Å². The van der Waals surface area contributed by atoms with Crippen molar-refractivity contribution < 1.29 is 14.3 Å². The van der Waals surface area contributed by atoms with Crippen LogP contribution in [0.25, 0.3) is 0 Å². The molecule has 0 spiro atoms. The minimum absolute atomic E-state index is 0.0311. The lowest BCUT2D eigenvalue weighted by molar-refractivity contribution is -0.154. The molecule has 3 atom stereocenters. The predicted octanol–water partition coefficient (Wildman–Crippen LogP) is 1.10. The Morgan fingerprint density at radius 2 is 2.31 bits per heavy atom. The molecule has 2 heterocycles. The molecule has 2 aliphatic heterocycles. The summed E-state index contributed by atoms with van der Waals surface area (Å²) >= 11 is 0. The van der Waals surface area contributed by atoms with Crippen molar-refractivity contribution in [1.82, 2.24) is 5.32 Å². The second-order valence-electron chi connectivity index (χ2n) is 4.76. The van der Waals surface area contributed by atoms with E-state index in [0.717, 1.165) is 32.4 Å². The molecule has 0 amide bonds. The van der Waals surface area contributed by atoms with Crippen molar-refractivity contribution in [2.75, 3.05) is 19.8 Å². The maximum Gasteiger partial charge on any atom is 0.310 e. The fourth-order valence-electron chi connectivity index (χ4n) is 2.40. The Balaban J connectivity index is 1.70. The van der Waals surface area contributed by atoms with Gasteiger partial charge in [0.05, 0.1) is 12.0 Å². The van der Waals surface area contributed by atoms with Gasteiger partial charge in [-0.3, -0.25) is 4.79 Å². The molecule has 4 nitrogen and oxygen atoms in total. The third kappa shape index (κ3) is 2.95. The fraction of sp³-hybridized carbons (Fsp3) is 0.917. The van der Waals surface area contributed by atoms with Crippen molar-refractivity contribution >= 4 is 5.97 Å². The SMILES string of the molecule is CC1NCCC1C(=O)OCC1CCCCO1. The lowest BCUT2D eigenvalue weighted by atomic mass is 10.0. The van der Waals surface area contributed by atoms with E-state index in [1.165, 1.54) is 6.42 Å². The molecule has 0 aromatic heterocycles. The Bertz CT molecular complexity index is 238. The summed E-state index contributed by atoms with van der Waals surface area (Å²) in [5, 5.41) is 3.26. The molecular weight excluding hydrogens is 206 g/mol. The van der Waals surface area contributed by atoms with Crippen LogP contribution in [0.3, 0.4) is 0 Å². The summed E-state index contributed by atoms with van der Waals surface area (Å²) in [5.41, 5.74) is 0. The average Bonchev–Trinajstić information content (AvgIpc) is 2.74. The van der Waals surface area contributed by atoms with Gasteiger partial charge in [-0.2, -0.15) is 0 Å². The molecule has 0 saturated carbocycles. The molecule has 2 saturated heterocycles. The van der Waals surface area contributed by atoms with Gasteiger partial charge in [-0.15, -0.1) is 0 Å². The summed E-state index contributed by atoms with van der Waals surface area (Å²) in [5.74, 6) is -0.0322. The molecule has 92 valence electrons. The van der Waals surface area contributed by atoms with Crippen LogP contribution in [0, 0.1) is 5.92 Å². The highest BCUT2D eigenvalue weighted by molar-refractivity contribution is 5.73. The van der Waals surface area contributed by atoms with E-state index >= 15 is 0 Å². The zero-order valence-corrected chi connectivity index (χ0v) is 9.91. The number of carbonyl (C=O) groups is 1. The van der Waals surface area contributed by atoms with Crippen molar-refractivity contribution in [3.8, 4) is 0 Å². The van der Waals surface area contributed by atoms with Crippen LogP contribution >= 0.6 is 0 Å². The van der Waals surface area contributed by atoms with E-state index < -0.39 is 0 Å². The van der Waals surface area contributed by atoms with Gasteiger partial charge in [-0.25, -0.2) is 0 Å². The van der Waals surface area contributed by atoms with Crippen LogP contribution < -0.4 is 5.32 Å². The van der Waals surface area contributed by atoms with Gasteiger partial charge in [0, 0.05) is 12.6 Å². The van der Waals surface area contributed by atoms with E-state index in [4.69, 9.17) is 9.47 Å². The van der Waals surface area contributed by atoms with Gasteiger partial charge < -0.3 is 14.8 Å². The molecule has 1 N–H and O–H groups in total. The van der Waals surface area contributed by atoms with E-state index in [0.29, 0.717) is 6.61 Å². The molecule has 2 fully saturated rings. The lowest BCUT2D eigenvalue weighted by Gasteiger charge is -2.23. The van der Waals surface area contributed by atoms with Crippen LogP contribution in [0.15, 0.2) is 0 Å². The maximum absolute atomic E-state index is 11.8. The Morgan fingerprint density at radius 1 is 1.44 bits per heavy atom. The molecular formula is C12H21NO3. The summed E-state index contributed by atoms with van der Waals surface area (Å²) in [6.45, 7) is 4.20. The van der Waals surface area contributed by atoms with Gasteiger partial charge in [0.1, 0.15) is 6.61 Å². The minimum Gasteiger partial charge on any atom is -0.463 e. The number of hydrogen-bond donors (Lipinski definition) is 1. The molecule has 16 heavy (non-hydrogen) atoms. The maximum atomic E-state index is 11.8. The average molecular weight is 227 g/mol. The van der Waals surface area contributed by atoms with Crippen LogP contribution in [-0.4, -0.2) is 37.9 Å². The second kappa shape index (κ2) is 5.64. The van der Waals surface area contributed by atoms with Crippen LogP contribution in [0.4, 0.5) is 0 Å². The number of ether oxygens (including phenoxy) is 2. The lowest BCUT2D eigenvalue weighted by Crippen LogP contribution is -2.32. The molecule has 0 aromatic carbocycles. The van der Waals surface area contributed by atoms with Crippen LogP contribution in [0.2, 0.25) is 0 Å². The van der Waals surface area contributed by atoms with Crippen molar-refractivity contribution in [3.63, 3.8) is 0 Å². The normalized spacial score (nSPS) is 34.9. The first-order valence-corrected chi connectivity index (χ1v) is 6.29. The second-order valence-corrected chi connectivity index (χ2v) is 4.76. The summed E-state index contributed by atoms with van der Waals surface area (Å²) < 4.78 is 10.9. The van der Waals surface area contributed by atoms with Gasteiger partial charge in [0.15, 0.2) is 0 Å². The number of rotatable bonds is 3. The third-order valence-electron chi connectivity index (χ3n) is 3.51. The summed E-state index contributed by atoms with van der Waals surface area (Å²) in [6, 6.07) is 0.250. The Morgan fingerprint density at radius 3 is 2.94 bits per heavy atom. The van der Waals surface area contributed by atoms with Crippen molar-refractivity contribution in [2.45, 2.75) is 44.8 Å². The number of hydrogen-bond acceptors (Lipinski definition) is 4. The zero-order valence-electron chi connectivity index (χ0n) is 9.91. The quantitative estimate of drug-likeness (QED) is 0.733. The number of nitrogens with one attached hydrogen (secondary N) is 1. The van der Waals surface area contributed by atoms with E-state index in [2.05, 4.69) is 5.32 Å².